The number of carbonyl (C=O) groups excluding carboxylic acids is 1. The van der Waals surface area contributed by atoms with E-state index < -0.39 is 0 Å². The van der Waals surface area contributed by atoms with E-state index in [0.29, 0.717) is 25.3 Å². The molecule has 1 aromatic carbocycles. The van der Waals surface area contributed by atoms with Gasteiger partial charge in [-0.05, 0) is 23.8 Å². The number of hydrogen-bond donors (Lipinski definition) is 1. The van der Waals surface area contributed by atoms with Gasteiger partial charge in [0.1, 0.15) is 18.6 Å². The minimum absolute atomic E-state index is 0.0318. The number of aliphatic hydroxyl groups is 1. The molecule has 2 aliphatic heterocycles. The average Bonchev–Trinajstić information content (AvgIpc) is 3.16. The number of β-amino-alcohol motifs (C(OH)–C–C–N with tert-alkyl or cyclic N) is 1. The molecule has 4 rings (SSSR count). The SMILES string of the molecule is O=C(c1ccoc1)N1CCOc2ccc(CN3CCN(CCO)CC3)cc2C1. The number of fused-ring (bicyclic) bond motifs is 1. The fourth-order valence-corrected chi connectivity index (χ4v) is 3.86. The van der Waals surface area contributed by atoms with Gasteiger partial charge in [0.25, 0.3) is 5.91 Å². The van der Waals surface area contributed by atoms with Crippen molar-refractivity contribution >= 4 is 5.91 Å². The van der Waals surface area contributed by atoms with Crippen molar-refractivity contribution in [2.75, 3.05) is 52.5 Å². The summed E-state index contributed by atoms with van der Waals surface area (Å²) in [6, 6.07) is 8.00. The lowest BCUT2D eigenvalue weighted by Crippen LogP contribution is -2.46. The Bertz CT molecular complexity index is 785. The van der Waals surface area contributed by atoms with Gasteiger partial charge in [0.05, 0.1) is 25.0 Å². The van der Waals surface area contributed by atoms with Crippen molar-refractivity contribution in [1.82, 2.24) is 14.7 Å². The Morgan fingerprint density at radius 1 is 1.07 bits per heavy atom. The molecule has 1 amide bonds. The molecule has 28 heavy (non-hydrogen) atoms. The summed E-state index contributed by atoms with van der Waals surface area (Å²) in [5.74, 6) is 0.828. The van der Waals surface area contributed by atoms with Gasteiger partial charge in [-0.3, -0.25) is 14.6 Å². The molecule has 0 saturated carbocycles. The van der Waals surface area contributed by atoms with Crippen molar-refractivity contribution in [1.29, 1.82) is 0 Å². The third-order valence-corrected chi connectivity index (χ3v) is 5.45. The first kappa shape index (κ1) is 19.0. The molecule has 0 bridgehead atoms. The summed E-state index contributed by atoms with van der Waals surface area (Å²) in [6.07, 6.45) is 3.01. The van der Waals surface area contributed by atoms with Crippen LogP contribution in [-0.2, 0) is 13.1 Å². The second kappa shape index (κ2) is 8.77. The number of benzene rings is 1. The lowest BCUT2D eigenvalue weighted by atomic mass is 10.1. The maximum absolute atomic E-state index is 12.7. The van der Waals surface area contributed by atoms with E-state index in [1.807, 2.05) is 11.0 Å². The van der Waals surface area contributed by atoms with Crippen molar-refractivity contribution in [3.63, 3.8) is 0 Å². The Labute approximate surface area is 165 Å². The van der Waals surface area contributed by atoms with E-state index in [9.17, 15) is 4.79 Å². The number of furan rings is 1. The number of amides is 1. The zero-order chi connectivity index (χ0) is 19.3. The lowest BCUT2D eigenvalue weighted by Gasteiger charge is -2.34. The Morgan fingerprint density at radius 3 is 2.64 bits per heavy atom. The third kappa shape index (κ3) is 4.38. The quantitative estimate of drug-likeness (QED) is 0.840. The smallest absolute Gasteiger partial charge is 0.257 e. The second-order valence-electron chi connectivity index (χ2n) is 7.37. The molecule has 0 spiro atoms. The number of nitrogens with zero attached hydrogens (tertiary/aromatic N) is 3. The predicted molar refractivity (Wildman–Crippen MR) is 104 cm³/mol. The first-order valence-corrected chi connectivity index (χ1v) is 9.84. The van der Waals surface area contributed by atoms with E-state index in [0.717, 1.165) is 50.6 Å². The highest BCUT2D eigenvalue weighted by atomic mass is 16.5. The Balaban J connectivity index is 1.42. The van der Waals surface area contributed by atoms with Crippen molar-refractivity contribution in [2.45, 2.75) is 13.1 Å². The summed E-state index contributed by atoms with van der Waals surface area (Å²) >= 11 is 0. The minimum atomic E-state index is -0.0318. The normalized spacial score (nSPS) is 18.4. The molecule has 1 N–H and O–H groups in total. The zero-order valence-corrected chi connectivity index (χ0v) is 16.0. The number of rotatable bonds is 5. The van der Waals surface area contributed by atoms with Crippen LogP contribution in [0.4, 0.5) is 0 Å². The van der Waals surface area contributed by atoms with Crippen LogP contribution in [0.15, 0.2) is 41.2 Å². The van der Waals surface area contributed by atoms with Crippen LogP contribution in [-0.4, -0.2) is 78.2 Å². The molecule has 1 saturated heterocycles. The maximum atomic E-state index is 12.7. The molecule has 0 aliphatic carbocycles. The van der Waals surface area contributed by atoms with Crippen LogP contribution < -0.4 is 4.74 Å². The summed E-state index contributed by atoms with van der Waals surface area (Å²) in [4.78, 5) is 19.2. The van der Waals surface area contributed by atoms with Crippen LogP contribution in [0.5, 0.6) is 5.75 Å². The van der Waals surface area contributed by atoms with E-state index >= 15 is 0 Å². The van der Waals surface area contributed by atoms with Crippen molar-refractivity contribution in [2.24, 2.45) is 0 Å². The topological polar surface area (TPSA) is 69.4 Å². The number of aliphatic hydroxyl groups excluding tert-OH is 1. The average molecular weight is 385 g/mol. The van der Waals surface area contributed by atoms with Gasteiger partial charge in [-0.2, -0.15) is 0 Å². The van der Waals surface area contributed by atoms with Crippen LogP contribution in [0.25, 0.3) is 0 Å². The molecule has 7 nitrogen and oxygen atoms in total. The van der Waals surface area contributed by atoms with Gasteiger partial charge >= 0.3 is 0 Å². The van der Waals surface area contributed by atoms with Gasteiger partial charge in [0, 0.05) is 51.4 Å². The van der Waals surface area contributed by atoms with E-state index in [1.54, 1.807) is 6.07 Å². The molecule has 7 heteroatoms. The Morgan fingerprint density at radius 2 is 1.89 bits per heavy atom. The molecule has 0 atom stereocenters. The van der Waals surface area contributed by atoms with Crippen LogP contribution in [0, 0.1) is 0 Å². The van der Waals surface area contributed by atoms with E-state index in [4.69, 9.17) is 14.3 Å². The number of carbonyl (C=O) groups is 1. The summed E-state index contributed by atoms with van der Waals surface area (Å²) in [5, 5.41) is 9.08. The van der Waals surface area contributed by atoms with Crippen LogP contribution in [0.2, 0.25) is 0 Å². The molecule has 3 heterocycles. The Kier molecular flexibility index (Phi) is 5.95. The van der Waals surface area contributed by atoms with Gasteiger partial charge in [-0.15, -0.1) is 0 Å². The summed E-state index contributed by atoms with van der Waals surface area (Å²) in [7, 11) is 0. The molecule has 150 valence electrons. The fraction of sp³-hybridized carbons (Fsp3) is 0.476. The van der Waals surface area contributed by atoms with Crippen LogP contribution in [0.1, 0.15) is 21.5 Å². The van der Waals surface area contributed by atoms with Crippen LogP contribution >= 0.6 is 0 Å². The standard InChI is InChI=1S/C21H27N3O4/c25-10-8-22-4-6-23(7-5-22)14-17-1-2-20-19(13-17)15-24(9-12-28-20)21(26)18-3-11-27-16-18/h1-3,11,13,16,25H,4-10,12,14-15H2. The molecule has 2 aliphatic rings. The van der Waals surface area contributed by atoms with Crippen LogP contribution in [0.3, 0.4) is 0 Å². The fourth-order valence-electron chi connectivity index (χ4n) is 3.86. The second-order valence-corrected chi connectivity index (χ2v) is 7.37. The first-order chi connectivity index (χ1) is 13.7. The van der Waals surface area contributed by atoms with Gasteiger partial charge in [-0.25, -0.2) is 0 Å². The monoisotopic (exact) mass is 385 g/mol. The minimum Gasteiger partial charge on any atom is -0.491 e. The lowest BCUT2D eigenvalue weighted by molar-refractivity contribution is 0.0732. The first-order valence-electron chi connectivity index (χ1n) is 9.84. The highest BCUT2D eigenvalue weighted by molar-refractivity contribution is 5.93. The van der Waals surface area contributed by atoms with Gasteiger partial charge < -0.3 is 19.2 Å². The van der Waals surface area contributed by atoms with Crippen molar-refractivity contribution in [3.8, 4) is 5.75 Å². The molecule has 0 radical (unpaired) electrons. The van der Waals surface area contributed by atoms with Gasteiger partial charge in [0.2, 0.25) is 0 Å². The maximum Gasteiger partial charge on any atom is 0.257 e. The summed E-state index contributed by atoms with van der Waals surface area (Å²) in [5.41, 5.74) is 2.85. The molecule has 1 aromatic heterocycles. The molecule has 2 aromatic rings. The summed E-state index contributed by atoms with van der Waals surface area (Å²) in [6.45, 7) is 7.42. The number of hydrogen-bond acceptors (Lipinski definition) is 6. The molecular formula is C21H27N3O4. The zero-order valence-electron chi connectivity index (χ0n) is 16.0. The largest absolute Gasteiger partial charge is 0.491 e. The predicted octanol–water partition coefficient (Wildman–Crippen LogP) is 1.42. The Hall–Kier alpha value is -2.35. The molecular weight excluding hydrogens is 358 g/mol. The number of piperazine rings is 1. The van der Waals surface area contributed by atoms with E-state index in [-0.39, 0.29) is 12.5 Å². The van der Waals surface area contributed by atoms with Crippen molar-refractivity contribution < 1.29 is 19.1 Å². The molecule has 0 unspecified atom stereocenters. The highest BCUT2D eigenvalue weighted by Gasteiger charge is 2.23. The van der Waals surface area contributed by atoms with E-state index in [2.05, 4.69) is 21.9 Å². The highest BCUT2D eigenvalue weighted by Crippen LogP contribution is 2.26. The third-order valence-electron chi connectivity index (χ3n) is 5.45. The number of ether oxygens (including phenoxy) is 1. The van der Waals surface area contributed by atoms with Gasteiger partial charge in [0.15, 0.2) is 0 Å². The van der Waals surface area contributed by atoms with Crippen molar-refractivity contribution in [3.05, 3.63) is 53.5 Å². The molecule has 1 fully saturated rings. The van der Waals surface area contributed by atoms with E-state index in [1.165, 1.54) is 18.1 Å². The van der Waals surface area contributed by atoms with Gasteiger partial charge in [-0.1, -0.05) is 6.07 Å². The summed E-state index contributed by atoms with van der Waals surface area (Å²) < 4.78 is 10.9.